The lowest BCUT2D eigenvalue weighted by Gasteiger charge is -2.59. The summed E-state index contributed by atoms with van der Waals surface area (Å²) in [4.78, 5) is 0. The van der Waals surface area contributed by atoms with Gasteiger partial charge in [-0.25, -0.2) is 0 Å². The van der Waals surface area contributed by atoms with E-state index in [1.807, 2.05) is 0 Å². The zero-order valence-corrected chi connectivity index (χ0v) is 21.9. The highest BCUT2D eigenvalue weighted by Crippen LogP contribution is 2.67. The molecule has 0 aromatic heterocycles. The molecule has 3 saturated carbocycles. The van der Waals surface area contributed by atoms with E-state index in [2.05, 4.69) is 54.5 Å². The second-order valence-corrected chi connectivity index (χ2v) is 13.3. The molecule has 0 aromatic carbocycles. The fourth-order valence-electron chi connectivity index (χ4n) is 9.29. The number of allylic oxidation sites excluding steroid dienone is 1. The minimum atomic E-state index is 0.0833. The molecular formula is C30H52O. The van der Waals surface area contributed by atoms with Gasteiger partial charge < -0.3 is 4.74 Å². The molecule has 1 nitrogen and oxygen atoms in total. The molecule has 0 radical (unpaired) electrons. The van der Waals surface area contributed by atoms with E-state index in [1.165, 1.54) is 70.6 Å². The quantitative estimate of drug-likeness (QED) is 0.368. The van der Waals surface area contributed by atoms with Crippen molar-refractivity contribution in [2.24, 2.45) is 46.3 Å². The summed E-state index contributed by atoms with van der Waals surface area (Å²) < 4.78 is 6.23. The standard InChI is InChI=1S/C30H52O/c1-8-31-28(5)18-19-29(6)23(20-28)12-13-24-26-15-14-25(22(4)11-9-10-21(2)3)30(26,7)17-16-27(24)29/h12,21-22,24-27H,8-11,13-20H2,1-7H3/t22-,24+,25-,26+,27+,28-,29+,30-/m1/s1. The maximum atomic E-state index is 6.23. The van der Waals surface area contributed by atoms with Crippen LogP contribution >= 0.6 is 0 Å². The third kappa shape index (κ3) is 4.20. The molecular weight excluding hydrogens is 376 g/mol. The van der Waals surface area contributed by atoms with E-state index >= 15 is 0 Å². The summed E-state index contributed by atoms with van der Waals surface area (Å²) in [5.74, 6) is 5.58. The molecule has 0 heterocycles. The molecule has 0 amide bonds. The Hall–Kier alpha value is -0.300. The Balaban J connectivity index is 1.49. The van der Waals surface area contributed by atoms with Crippen molar-refractivity contribution >= 4 is 0 Å². The van der Waals surface area contributed by atoms with E-state index in [0.717, 1.165) is 42.1 Å². The summed E-state index contributed by atoms with van der Waals surface area (Å²) in [5, 5.41) is 0. The van der Waals surface area contributed by atoms with Gasteiger partial charge in [0.25, 0.3) is 0 Å². The highest BCUT2D eigenvalue weighted by atomic mass is 16.5. The summed E-state index contributed by atoms with van der Waals surface area (Å²) in [7, 11) is 0. The lowest BCUT2D eigenvalue weighted by molar-refractivity contribution is -0.0904. The van der Waals surface area contributed by atoms with Gasteiger partial charge in [0, 0.05) is 6.61 Å². The largest absolute Gasteiger partial charge is 0.375 e. The minimum absolute atomic E-state index is 0.0833. The molecule has 4 rings (SSSR count). The van der Waals surface area contributed by atoms with Crippen LogP contribution in [0.5, 0.6) is 0 Å². The van der Waals surface area contributed by atoms with Gasteiger partial charge in [0.2, 0.25) is 0 Å². The normalized spacial score (nSPS) is 45.6. The number of hydrogen-bond acceptors (Lipinski definition) is 1. The molecule has 0 unspecified atom stereocenters. The van der Waals surface area contributed by atoms with Crippen molar-refractivity contribution in [1.82, 2.24) is 0 Å². The second kappa shape index (κ2) is 8.81. The van der Waals surface area contributed by atoms with Crippen molar-refractivity contribution < 1.29 is 4.74 Å². The van der Waals surface area contributed by atoms with Crippen LogP contribution in [0.15, 0.2) is 11.6 Å². The number of fused-ring (bicyclic) bond motifs is 5. The van der Waals surface area contributed by atoms with Crippen molar-refractivity contribution in [2.45, 2.75) is 125 Å². The topological polar surface area (TPSA) is 9.23 Å². The molecule has 0 aliphatic heterocycles. The number of hydrogen-bond donors (Lipinski definition) is 0. The van der Waals surface area contributed by atoms with Gasteiger partial charge >= 0.3 is 0 Å². The number of rotatable bonds is 7. The maximum Gasteiger partial charge on any atom is 0.0691 e. The Bertz CT molecular complexity index is 663. The maximum absolute atomic E-state index is 6.23. The summed E-state index contributed by atoms with van der Waals surface area (Å²) in [5.41, 5.74) is 2.90. The summed E-state index contributed by atoms with van der Waals surface area (Å²) in [6.07, 6.45) is 18.1. The molecule has 4 aliphatic rings. The van der Waals surface area contributed by atoms with Crippen LogP contribution in [-0.2, 0) is 4.74 Å². The van der Waals surface area contributed by atoms with E-state index in [-0.39, 0.29) is 5.60 Å². The molecule has 0 saturated heterocycles. The van der Waals surface area contributed by atoms with Crippen molar-refractivity contribution in [3.05, 3.63) is 11.6 Å². The van der Waals surface area contributed by atoms with Crippen LogP contribution in [0.2, 0.25) is 0 Å². The third-order valence-corrected chi connectivity index (χ3v) is 11.1. The Morgan fingerprint density at radius 1 is 0.968 bits per heavy atom. The predicted octanol–water partition coefficient (Wildman–Crippen LogP) is 8.82. The first-order valence-electron chi connectivity index (χ1n) is 14.0. The summed E-state index contributed by atoms with van der Waals surface area (Å²) in [6.45, 7) is 18.1. The molecule has 0 aromatic rings. The average Bonchev–Trinajstić information content (AvgIpc) is 3.06. The summed E-state index contributed by atoms with van der Waals surface area (Å²) >= 11 is 0. The molecule has 3 fully saturated rings. The van der Waals surface area contributed by atoms with Crippen molar-refractivity contribution in [3.63, 3.8) is 0 Å². The number of ether oxygens (including phenoxy) is 1. The van der Waals surface area contributed by atoms with Gasteiger partial charge in [-0.05, 0) is 112 Å². The van der Waals surface area contributed by atoms with Crippen LogP contribution in [0.3, 0.4) is 0 Å². The Labute approximate surface area is 194 Å². The van der Waals surface area contributed by atoms with Gasteiger partial charge in [-0.3, -0.25) is 0 Å². The first kappa shape index (κ1) is 23.8. The lowest BCUT2D eigenvalue weighted by atomic mass is 9.46. The molecule has 1 heteroatoms. The van der Waals surface area contributed by atoms with Crippen LogP contribution in [0.4, 0.5) is 0 Å². The fourth-order valence-corrected chi connectivity index (χ4v) is 9.29. The molecule has 0 N–H and O–H groups in total. The molecule has 8 atom stereocenters. The van der Waals surface area contributed by atoms with Crippen LogP contribution in [0, 0.1) is 46.3 Å². The van der Waals surface area contributed by atoms with Gasteiger partial charge in [-0.15, -0.1) is 0 Å². The fraction of sp³-hybridized carbons (Fsp3) is 0.933. The Morgan fingerprint density at radius 2 is 1.74 bits per heavy atom. The molecule has 4 aliphatic carbocycles. The monoisotopic (exact) mass is 428 g/mol. The molecule has 0 bridgehead atoms. The average molecular weight is 429 g/mol. The first-order valence-corrected chi connectivity index (χ1v) is 14.0. The molecule has 178 valence electrons. The first-order chi connectivity index (χ1) is 14.6. The highest BCUT2D eigenvalue weighted by Gasteiger charge is 2.59. The van der Waals surface area contributed by atoms with Gasteiger partial charge in [-0.2, -0.15) is 0 Å². The zero-order valence-electron chi connectivity index (χ0n) is 21.9. The van der Waals surface area contributed by atoms with Crippen LogP contribution in [0.1, 0.15) is 119 Å². The zero-order chi connectivity index (χ0) is 22.4. The van der Waals surface area contributed by atoms with E-state index in [9.17, 15) is 0 Å². The highest BCUT2D eigenvalue weighted by molar-refractivity contribution is 5.27. The van der Waals surface area contributed by atoms with Crippen LogP contribution in [-0.4, -0.2) is 12.2 Å². The van der Waals surface area contributed by atoms with Gasteiger partial charge in [0.05, 0.1) is 5.60 Å². The van der Waals surface area contributed by atoms with Crippen molar-refractivity contribution in [2.75, 3.05) is 6.61 Å². The van der Waals surface area contributed by atoms with E-state index in [0.29, 0.717) is 10.8 Å². The van der Waals surface area contributed by atoms with E-state index in [4.69, 9.17) is 4.74 Å². The molecule has 31 heavy (non-hydrogen) atoms. The van der Waals surface area contributed by atoms with Crippen LogP contribution in [0.25, 0.3) is 0 Å². The molecule has 0 spiro atoms. The lowest BCUT2D eigenvalue weighted by Crippen LogP contribution is -2.52. The predicted molar refractivity (Wildman–Crippen MR) is 133 cm³/mol. The van der Waals surface area contributed by atoms with Gasteiger partial charge in [0.15, 0.2) is 0 Å². The van der Waals surface area contributed by atoms with Crippen molar-refractivity contribution in [3.8, 4) is 0 Å². The van der Waals surface area contributed by atoms with Gasteiger partial charge in [0.1, 0.15) is 0 Å². The summed E-state index contributed by atoms with van der Waals surface area (Å²) in [6, 6.07) is 0. The smallest absolute Gasteiger partial charge is 0.0691 e. The Kier molecular flexibility index (Phi) is 6.78. The third-order valence-electron chi connectivity index (χ3n) is 11.1. The van der Waals surface area contributed by atoms with Crippen LogP contribution < -0.4 is 0 Å². The SMILES string of the molecule is CCO[C@]1(C)CC[C@@]2(C)C(=CC[C@H]3[C@@H]4CC[C@H]([C@H](C)CCCC(C)C)[C@@]4(C)CC[C@@H]32)C1. The van der Waals surface area contributed by atoms with Crippen molar-refractivity contribution in [1.29, 1.82) is 0 Å². The second-order valence-electron chi connectivity index (χ2n) is 13.3. The van der Waals surface area contributed by atoms with E-state index < -0.39 is 0 Å². The van der Waals surface area contributed by atoms with E-state index in [1.54, 1.807) is 5.57 Å². The van der Waals surface area contributed by atoms with Gasteiger partial charge in [-0.1, -0.05) is 65.5 Å². The minimum Gasteiger partial charge on any atom is -0.375 e. The Morgan fingerprint density at radius 3 is 2.45 bits per heavy atom.